The van der Waals surface area contributed by atoms with Gasteiger partial charge in [-0.3, -0.25) is 14.6 Å². The Balaban J connectivity index is 1.30. The van der Waals surface area contributed by atoms with E-state index >= 15 is 0 Å². The number of likely N-dealkylation sites (N-methyl/N-ethyl adjacent to an activating group) is 1. The van der Waals surface area contributed by atoms with Crippen LogP contribution in [0.25, 0.3) is 0 Å². The maximum Gasteiger partial charge on any atom is 0.251 e. The van der Waals surface area contributed by atoms with Crippen molar-refractivity contribution in [1.82, 2.24) is 15.2 Å². The number of aromatic nitrogens is 1. The van der Waals surface area contributed by atoms with Gasteiger partial charge < -0.3 is 20.9 Å². The molecular formula is C26H23ClN6O2. The van der Waals surface area contributed by atoms with E-state index in [-0.39, 0.29) is 24.3 Å². The molecule has 35 heavy (non-hydrogen) atoms. The van der Waals surface area contributed by atoms with Gasteiger partial charge in [-0.2, -0.15) is 0 Å². The third-order valence-electron chi connectivity index (χ3n) is 5.93. The summed E-state index contributed by atoms with van der Waals surface area (Å²) in [6.45, 7) is 0.362. The van der Waals surface area contributed by atoms with E-state index in [2.05, 4.69) is 25.9 Å². The number of anilines is 2. The summed E-state index contributed by atoms with van der Waals surface area (Å²) in [5.41, 5.74) is 4.67. The van der Waals surface area contributed by atoms with E-state index in [1.54, 1.807) is 30.6 Å². The predicted octanol–water partition coefficient (Wildman–Crippen LogP) is 4.35. The molecule has 2 aliphatic rings. The first-order valence-electron chi connectivity index (χ1n) is 11.1. The topological polar surface area (TPSA) is 98.7 Å². The molecule has 1 atom stereocenters. The summed E-state index contributed by atoms with van der Waals surface area (Å²) < 4.78 is 0. The highest BCUT2D eigenvalue weighted by molar-refractivity contribution is 6.31. The number of rotatable bonds is 4. The van der Waals surface area contributed by atoms with Crippen molar-refractivity contribution in [3.8, 4) is 0 Å². The zero-order chi connectivity index (χ0) is 24.4. The summed E-state index contributed by atoms with van der Waals surface area (Å²) in [5.74, 6) is 0.355. The zero-order valence-corrected chi connectivity index (χ0v) is 19.7. The summed E-state index contributed by atoms with van der Waals surface area (Å²) in [5, 5.41) is 9.69. The molecule has 5 rings (SSSR count). The van der Waals surface area contributed by atoms with Gasteiger partial charge in [-0.05, 0) is 54.1 Å². The second-order valence-electron chi connectivity index (χ2n) is 8.33. The molecule has 1 unspecified atom stereocenters. The number of carbonyl (C=O) groups excluding carboxylic acids is 2. The van der Waals surface area contributed by atoms with E-state index in [0.29, 0.717) is 28.8 Å². The summed E-state index contributed by atoms with van der Waals surface area (Å²) >= 11 is 6.16. The Morgan fingerprint density at radius 2 is 2.00 bits per heavy atom. The Bertz CT molecular complexity index is 1340. The smallest absolute Gasteiger partial charge is 0.251 e. The molecule has 0 radical (unpaired) electrons. The molecule has 2 aliphatic heterocycles. The Morgan fingerprint density at radius 3 is 2.77 bits per heavy atom. The van der Waals surface area contributed by atoms with Crippen molar-refractivity contribution in [2.75, 3.05) is 17.7 Å². The fourth-order valence-electron chi connectivity index (χ4n) is 4.21. The summed E-state index contributed by atoms with van der Waals surface area (Å²) in [4.78, 5) is 35.6. The molecule has 8 nitrogen and oxygen atoms in total. The van der Waals surface area contributed by atoms with Crippen LogP contribution in [-0.4, -0.2) is 34.7 Å². The van der Waals surface area contributed by atoms with Gasteiger partial charge in [0, 0.05) is 47.0 Å². The van der Waals surface area contributed by atoms with Crippen molar-refractivity contribution in [1.29, 1.82) is 0 Å². The Labute approximate surface area is 207 Å². The lowest BCUT2D eigenvalue weighted by Gasteiger charge is -2.35. The number of nitrogens with zero attached hydrogens (tertiary/aromatic N) is 3. The Morgan fingerprint density at radius 1 is 1.17 bits per heavy atom. The van der Waals surface area contributed by atoms with Crippen LogP contribution in [0.15, 0.2) is 83.6 Å². The van der Waals surface area contributed by atoms with Crippen LogP contribution in [0.3, 0.4) is 0 Å². The fourth-order valence-corrected chi connectivity index (χ4v) is 4.38. The largest absolute Gasteiger partial charge is 0.346 e. The van der Waals surface area contributed by atoms with Crippen LogP contribution >= 0.6 is 11.6 Å². The van der Waals surface area contributed by atoms with Crippen LogP contribution in [0.4, 0.5) is 11.4 Å². The lowest BCUT2D eigenvalue weighted by Crippen LogP contribution is -2.39. The molecule has 176 valence electrons. The highest BCUT2D eigenvalue weighted by Gasteiger charge is 2.33. The van der Waals surface area contributed by atoms with Crippen molar-refractivity contribution in [3.05, 3.63) is 100 Å². The standard InChI is InChI=1S/C26H23ClN6O2/c1-33-24-17(12-23(34)32-22-13-18(27)7-10-21(22)24)14-30-26(33)31-19-8-5-16(6-9-19)25(35)29-15-20-4-2-3-11-28-20/h2-11,13-14,24H,12,15H2,1H3,(H,29,35)(H,30,31)(H,32,34). The minimum absolute atomic E-state index is 0.0980. The number of nitrogens with one attached hydrogen (secondary N) is 3. The van der Waals surface area contributed by atoms with Crippen molar-refractivity contribution in [2.24, 2.45) is 4.99 Å². The SMILES string of the molecule is CN1C(Nc2ccc(C(=O)NCc3ccccn3)cc2)=NC=C2CC(=O)Nc3cc(Cl)ccc3C21. The first-order chi connectivity index (χ1) is 17.0. The summed E-state index contributed by atoms with van der Waals surface area (Å²) in [6.07, 6.45) is 3.69. The van der Waals surface area contributed by atoms with E-state index in [9.17, 15) is 9.59 Å². The Kier molecular flexibility index (Phi) is 6.20. The average molecular weight is 487 g/mol. The number of guanidine groups is 1. The van der Waals surface area contributed by atoms with Crippen molar-refractivity contribution in [3.63, 3.8) is 0 Å². The first kappa shape index (κ1) is 22.6. The molecule has 0 saturated heterocycles. The van der Waals surface area contributed by atoms with E-state index in [1.165, 1.54) is 0 Å². The van der Waals surface area contributed by atoms with Gasteiger partial charge in [-0.1, -0.05) is 23.7 Å². The molecule has 0 fully saturated rings. The number of amides is 2. The molecule has 3 heterocycles. The molecule has 0 aliphatic carbocycles. The van der Waals surface area contributed by atoms with Crippen molar-refractivity contribution >= 4 is 40.7 Å². The number of benzene rings is 2. The third kappa shape index (κ3) is 4.88. The molecule has 3 N–H and O–H groups in total. The van der Waals surface area contributed by atoms with Crippen molar-refractivity contribution < 1.29 is 9.59 Å². The predicted molar refractivity (Wildman–Crippen MR) is 136 cm³/mol. The van der Waals surface area contributed by atoms with Crippen LogP contribution in [0, 0.1) is 0 Å². The van der Waals surface area contributed by atoms with Crippen LogP contribution in [-0.2, 0) is 11.3 Å². The Hall–Kier alpha value is -4.17. The molecule has 9 heteroatoms. The molecular weight excluding hydrogens is 464 g/mol. The van der Waals surface area contributed by atoms with Gasteiger partial charge >= 0.3 is 0 Å². The number of carbonyl (C=O) groups is 2. The molecule has 0 spiro atoms. The van der Waals surface area contributed by atoms with Crippen molar-refractivity contribution in [2.45, 2.75) is 19.0 Å². The average Bonchev–Trinajstić information content (AvgIpc) is 3.00. The van der Waals surface area contributed by atoms with Gasteiger partial charge in [-0.15, -0.1) is 0 Å². The van der Waals surface area contributed by atoms with Crippen LogP contribution < -0.4 is 16.0 Å². The van der Waals surface area contributed by atoms with E-state index in [4.69, 9.17) is 11.6 Å². The molecule has 0 bridgehead atoms. The number of pyridine rings is 1. The van der Waals surface area contributed by atoms with Gasteiger partial charge in [-0.25, -0.2) is 4.99 Å². The summed E-state index contributed by atoms with van der Waals surface area (Å²) in [6, 6.07) is 18.1. The normalized spacial score (nSPS) is 16.7. The molecule has 2 amide bonds. The number of hydrogen-bond donors (Lipinski definition) is 3. The van der Waals surface area contributed by atoms with E-state index in [0.717, 1.165) is 22.5 Å². The summed E-state index contributed by atoms with van der Waals surface area (Å²) in [7, 11) is 1.93. The number of hydrogen-bond acceptors (Lipinski definition) is 6. The maximum atomic E-state index is 12.5. The van der Waals surface area contributed by atoms with Gasteiger partial charge in [0.25, 0.3) is 5.91 Å². The minimum atomic E-state index is -0.173. The van der Waals surface area contributed by atoms with Gasteiger partial charge in [0.2, 0.25) is 11.9 Å². The maximum absolute atomic E-state index is 12.5. The quantitative estimate of drug-likeness (QED) is 0.509. The van der Waals surface area contributed by atoms with Crippen LogP contribution in [0.5, 0.6) is 0 Å². The molecule has 2 aromatic carbocycles. The molecule has 0 saturated carbocycles. The number of fused-ring (bicyclic) bond motifs is 3. The molecule has 1 aromatic heterocycles. The minimum Gasteiger partial charge on any atom is -0.346 e. The number of halogens is 1. The van der Waals surface area contributed by atoms with Crippen LogP contribution in [0.1, 0.15) is 34.1 Å². The van der Waals surface area contributed by atoms with Gasteiger partial charge in [0.1, 0.15) is 0 Å². The van der Waals surface area contributed by atoms with Crippen LogP contribution in [0.2, 0.25) is 5.02 Å². The third-order valence-corrected chi connectivity index (χ3v) is 6.17. The first-order valence-corrected chi connectivity index (χ1v) is 11.5. The monoisotopic (exact) mass is 486 g/mol. The second-order valence-corrected chi connectivity index (χ2v) is 8.77. The number of aliphatic imine (C=N–C) groups is 1. The lowest BCUT2D eigenvalue weighted by atomic mass is 9.95. The second kappa shape index (κ2) is 9.60. The zero-order valence-electron chi connectivity index (χ0n) is 19.0. The van der Waals surface area contributed by atoms with E-state index in [1.807, 2.05) is 54.4 Å². The fraction of sp³-hybridized carbons (Fsp3) is 0.154. The van der Waals surface area contributed by atoms with Gasteiger partial charge in [0.15, 0.2) is 0 Å². The van der Waals surface area contributed by atoms with E-state index < -0.39 is 0 Å². The highest BCUT2D eigenvalue weighted by Crippen LogP contribution is 2.40. The molecule has 3 aromatic rings. The highest BCUT2D eigenvalue weighted by atomic mass is 35.5. The van der Waals surface area contributed by atoms with Gasteiger partial charge in [0.05, 0.1) is 24.7 Å². The lowest BCUT2D eigenvalue weighted by molar-refractivity contribution is -0.115.